The third-order valence-electron chi connectivity index (χ3n) is 1.92. The van der Waals surface area contributed by atoms with Crippen LogP contribution in [-0.2, 0) is 0 Å². The summed E-state index contributed by atoms with van der Waals surface area (Å²) in [5.41, 5.74) is 1.92. The zero-order valence-corrected chi connectivity index (χ0v) is 7.07. The number of carbonyl (C=O) groups excluding carboxylic acids is 1. The lowest BCUT2D eigenvalue weighted by atomic mass is 10.3. The number of rotatable bonds is 1. The summed E-state index contributed by atoms with van der Waals surface area (Å²) >= 11 is 0. The molecule has 4 heteroatoms. The Morgan fingerprint density at radius 2 is 2.15 bits per heavy atom. The first-order valence-electron chi connectivity index (χ1n) is 3.88. The number of aromatic amines is 1. The molecule has 2 rings (SSSR count). The maximum absolute atomic E-state index is 11.1. The quantitative estimate of drug-likeness (QED) is 0.652. The summed E-state index contributed by atoms with van der Waals surface area (Å²) < 4.78 is 1.70. The van der Waals surface area contributed by atoms with Crippen LogP contribution in [0.4, 0.5) is 0 Å². The second-order valence-electron chi connectivity index (χ2n) is 2.92. The predicted molar refractivity (Wildman–Crippen MR) is 48.1 cm³/mol. The molecule has 2 aromatic rings. The largest absolute Gasteiger partial charge is 0.296 e. The fourth-order valence-corrected chi connectivity index (χ4v) is 1.37. The first-order valence-corrected chi connectivity index (χ1v) is 3.88. The van der Waals surface area contributed by atoms with Crippen molar-refractivity contribution in [2.24, 2.45) is 0 Å². The van der Waals surface area contributed by atoms with Crippen molar-refractivity contribution in [3.05, 3.63) is 39.8 Å². The van der Waals surface area contributed by atoms with Crippen molar-refractivity contribution in [1.29, 1.82) is 0 Å². The number of pyridine rings is 1. The van der Waals surface area contributed by atoms with Crippen LogP contribution in [0.5, 0.6) is 0 Å². The minimum atomic E-state index is -0.0473. The fraction of sp³-hybridized carbons (Fsp3) is 0.111. The van der Waals surface area contributed by atoms with E-state index in [2.05, 4.69) is 5.10 Å². The van der Waals surface area contributed by atoms with Crippen LogP contribution >= 0.6 is 0 Å². The Balaban J connectivity index is 2.90. The third-order valence-corrected chi connectivity index (χ3v) is 1.92. The molecule has 0 spiro atoms. The summed E-state index contributed by atoms with van der Waals surface area (Å²) in [7, 11) is 0. The van der Waals surface area contributed by atoms with E-state index in [9.17, 15) is 9.59 Å². The van der Waals surface area contributed by atoms with E-state index in [1.165, 1.54) is 12.1 Å². The van der Waals surface area contributed by atoms with Gasteiger partial charge in [0.05, 0.1) is 11.2 Å². The Morgan fingerprint density at radius 1 is 1.38 bits per heavy atom. The second-order valence-corrected chi connectivity index (χ2v) is 2.92. The monoisotopic (exact) mass is 176 g/mol. The molecular formula is C9H8N2O2. The van der Waals surface area contributed by atoms with Crippen molar-refractivity contribution in [1.82, 2.24) is 9.61 Å². The average Bonchev–Trinajstić information content (AvgIpc) is 2.47. The van der Waals surface area contributed by atoms with Crippen molar-refractivity contribution in [3.8, 4) is 0 Å². The number of aromatic nitrogens is 2. The Bertz CT molecular complexity index is 522. The van der Waals surface area contributed by atoms with Gasteiger partial charge in [0, 0.05) is 17.8 Å². The fourth-order valence-electron chi connectivity index (χ4n) is 1.37. The molecule has 0 atom stereocenters. The van der Waals surface area contributed by atoms with E-state index < -0.39 is 0 Å². The smallest absolute Gasteiger partial charge is 0.182 e. The van der Waals surface area contributed by atoms with Crippen molar-refractivity contribution in [2.45, 2.75) is 6.92 Å². The molecule has 0 aliphatic carbocycles. The van der Waals surface area contributed by atoms with Crippen LogP contribution in [0.3, 0.4) is 0 Å². The minimum Gasteiger partial charge on any atom is -0.296 e. The topological polar surface area (TPSA) is 54.3 Å². The van der Waals surface area contributed by atoms with Crippen molar-refractivity contribution < 1.29 is 4.79 Å². The van der Waals surface area contributed by atoms with Crippen LogP contribution < -0.4 is 5.43 Å². The van der Waals surface area contributed by atoms with Gasteiger partial charge in [-0.25, -0.2) is 0 Å². The van der Waals surface area contributed by atoms with Gasteiger partial charge in [0.25, 0.3) is 0 Å². The number of carbonyl (C=O) groups is 1. The van der Waals surface area contributed by atoms with Gasteiger partial charge in [0.15, 0.2) is 11.7 Å². The van der Waals surface area contributed by atoms with Gasteiger partial charge in [-0.3, -0.25) is 19.2 Å². The molecular weight excluding hydrogens is 168 g/mol. The minimum absolute atomic E-state index is 0.0473. The summed E-state index contributed by atoms with van der Waals surface area (Å²) in [5, 5.41) is 2.85. The van der Waals surface area contributed by atoms with Gasteiger partial charge in [-0.05, 0) is 13.0 Å². The molecule has 0 aromatic carbocycles. The van der Waals surface area contributed by atoms with Gasteiger partial charge < -0.3 is 0 Å². The number of fused-ring (bicyclic) bond motifs is 1. The highest BCUT2D eigenvalue weighted by Gasteiger charge is 2.01. The van der Waals surface area contributed by atoms with Crippen LogP contribution in [0.1, 0.15) is 16.2 Å². The molecule has 0 saturated heterocycles. The molecule has 1 N–H and O–H groups in total. The number of aryl methyl sites for hydroxylation is 1. The lowest BCUT2D eigenvalue weighted by molar-refractivity contribution is 0.111. The normalized spacial score (nSPS) is 10.5. The predicted octanol–water partition coefficient (Wildman–Crippen LogP) is 0.749. The van der Waals surface area contributed by atoms with E-state index in [0.717, 1.165) is 12.0 Å². The molecule has 0 unspecified atom stereocenters. The lowest BCUT2D eigenvalue weighted by Crippen LogP contribution is -2.03. The Kier molecular flexibility index (Phi) is 1.55. The van der Waals surface area contributed by atoms with Gasteiger partial charge in [-0.15, -0.1) is 0 Å². The highest BCUT2D eigenvalue weighted by molar-refractivity contribution is 5.74. The molecule has 13 heavy (non-hydrogen) atoms. The Morgan fingerprint density at radius 3 is 2.85 bits per heavy atom. The molecule has 2 heterocycles. The molecule has 0 saturated carbocycles. The first-order chi connectivity index (χ1) is 6.20. The summed E-state index contributed by atoms with van der Waals surface area (Å²) in [6, 6.07) is 4.63. The van der Waals surface area contributed by atoms with Gasteiger partial charge in [-0.1, -0.05) is 0 Å². The molecule has 0 aliphatic heterocycles. The van der Waals surface area contributed by atoms with Gasteiger partial charge in [-0.2, -0.15) is 0 Å². The molecule has 0 amide bonds. The van der Waals surface area contributed by atoms with Gasteiger partial charge in [0.1, 0.15) is 0 Å². The van der Waals surface area contributed by atoms with E-state index in [1.807, 2.05) is 0 Å². The third kappa shape index (κ3) is 1.16. The summed E-state index contributed by atoms with van der Waals surface area (Å²) in [6.45, 7) is 1.81. The van der Waals surface area contributed by atoms with Crippen LogP contribution in [0, 0.1) is 6.92 Å². The molecule has 0 bridgehead atoms. The average molecular weight is 176 g/mol. The van der Waals surface area contributed by atoms with Crippen LogP contribution in [0.15, 0.2) is 23.0 Å². The maximum Gasteiger partial charge on any atom is 0.182 e. The zero-order valence-electron chi connectivity index (χ0n) is 7.07. The van der Waals surface area contributed by atoms with E-state index in [-0.39, 0.29) is 5.43 Å². The van der Waals surface area contributed by atoms with E-state index in [4.69, 9.17) is 0 Å². The van der Waals surface area contributed by atoms with E-state index in [0.29, 0.717) is 11.2 Å². The standard InChI is InChI=1S/C9H8N2O2/c1-6-2-9(13)4-8-3-7(5-12)10-11(6)8/h2-5,10H,1H3. The molecule has 0 aliphatic rings. The van der Waals surface area contributed by atoms with Crippen LogP contribution in [-0.4, -0.2) is 15.9 Å². The highest BCUT2D eigenvalue weighted by atomic mass is 16.1. The second kappa shape index (κ2) is 2.58. The summed E-state index contributed by atoms with van der Waals surface area (Å²) in [6.07, 6.45) is 0.719. The molecule has 4 nitrogen and oxygen atoms in total. The van der Waals surface area contributed by atoms with Crippen molar-refractivity contribution in [2.75, 3.05) is 0 Å². The van der Waals surface area contributed by atoms with Crippen LogP contribution in [0.25, 0.3) is 5.52 Å². The first kappa shape index (κ1) is 7.79. The maximum atomic E-state index is 11.1. The Labute approximate surface area is 73.8 Å². The van der Waals surface area contributed by atoms with E-state index >= 15 is 0 Å². The van der Waals surface area contributed by atoms with Gasteiger partial charge >= 0.3 is 0 Å². The SMILES string of the molecule is Cc1cc(=O)cc2cc(C=O)[nH]n12. The molecule has 66 valence electrons. The number of hydrogen-bond donors (Lipinski definition) is 1. The zero-order chi connectivity index (χ0) is 9.42. The number of nitrogens with one attached hydrogen (secondary N) is 1. The Hall–Kier alpha value is -1.84. The van der Waals surface area contributed by atoms with Crippen molar-refractivity contribution >= 4 is 11.8 Å². The van der Waals surface area contributed by atoms with Crippen LogP contribution in [0.2, 0.25) is 0 Å². The number of nitrogens with zero attached hydrogens (tertiary/aromatic N) is 1. The number of H-pyrrole nitrogens is 1. The molecule has 0 fully saturated rings. The molecule has 2 aromatic heterocycles. The summed E-state index contributed by atoms with van der Waals surface area (Å²) in [5.74, 6) is 0. The van der Waals surface area contributed by atoms with Gasteiger partial charge in [0.2, 0.25) is 0 Å². The van der Waals surface area contributed by atoms with E-state index in [1.54, 1.807) is 17.5 Å². The highest BCUT2D eigenvalue weighted by Crippen LogP contribution is 2.04. The number of hydrogen-bond acceptors (Lipinski definition) is 2. The summed E-state index contributed by atoms with van der Waals surface area (Å²) in [4.78, 5) is 21.5. The molecule has 0 radical (unpaired) electrons. The lowest BCUT2D eigenvalue weighted by Gasteiger charge is -1.96. The number of aldehydes is 1. The van der Waals surface area contributed by atoms with Crippen molar-refractivity contribution in [3.63, 3.8) is 0 Å².